The zero-order valence-electron chi connectivity index (χ0n) is 23.0. The molecule has 1 saturated heterocycles. The van der Waals surface area contributed by atoms with Gasteiger partial charge in [0.25, 0.3) is 0 Å². The lowest BCUT2D eigenvalue weighted by Crippen LogP contribution is -2.60. The molecular formula is C27H42N4O8. The highest BCUT2D eigenvalue weighted by Crippen LogP contribution is 2.32. The summed E-state index contributed by atoms with van der Waals surface area (Å²) in [6, 6.07) is 5.87. The molecule has 0 radical (unpaired) electrons. The summed E-state index contributed by atoms with van der Waals surface area (Å²) in [5.74, 6) is 0.725. The van der Waals surface area contributed by atoms with Crippen LogP contribution in [0.1, 0.15) is 61.9 Å². The molecule has 2 aromatic rings. The Balaban J connectivity index is 1.65. The number of benzene rings is 1. The zero-order valence-corrected chi connectivity index (χ0v) is 23.0. The van der Waals surface area contributed by atoms with Crippen molar-refractivity contribution in [1.82, 2.24) is 15.5 Å². The lowest BCUT2D eigenvalue weighted by Gasteiger charge is -2.39. The number of carbonyl (C=O) groups is 1. The van der Waals surface area contributed by atoms with Crippen LogP contribution in [0.5, 0.6) is 11.6 Å². The van der Waals surface area contributed by atoms with E-state index in [1.807, 2.05) is 45.9 Å². The minimum absolute atomic E-state index is 0.0252. The number of nitrogens with two attached hydrogens (primary N) is 1. The molecule has 1 aromatic heterocycles. The minimum atomic E-state index is -1.54. The number of primary amides is 1. The molecule has 1 aliphatic rings. The summed E-state index contributed by atoms with van der Waals surface area (Å²) in [5, 5.41) is 50.6. The third-order valence-electron chi connectivity index (χ3n) is 6.79. The van der Waals surface area contributed by atoms with Crippen molar-refractivity contribution in [2.45, 2.75) is 89.6 Å². The molecule has 218 valence electrons. The van der Waals surface area contributed by atoms with Crippen LogP contribution in [0.4, 0.5) is 0 Å². The number of aryl methyl sites for hydroxylation is 1. The van der Waals surface area contributed by atoms with Crippen molar-refractivity contribution in [1.29, 1.82) is 0 Å². The van der Waals surface area contributed by atoms with Crippen LogP contribution < -0.4 is 20.5 Å². The lowest BCUT2D eigenvalue weighted by molar-refractivity contribution is -0.278. The van der Waals surface area contributed by atoms with Crippen molar-refractivity contribution in [3.05, 3.63) is 40.6 Å². The number of ether oxygens (including phenoxy) is 3. The average Bonchev–Trinajstić information content (AvgIpc) is 3.27. The summed E-state index contributed by atoms with van der Waals surface area (Å²) in [4.78, 5) is 11.0. The second kappa shape index (κ2) is 14.1. The summed E-state index contributed by atoms with van der Waals surface area (Å²) in [7, 11) is 0. The Morgan fingerprint density at radius 3 is 2.59 bits per heavy atom. The van der Waals surface area contributed by atoms with E-state index < -0.39 is 37.3 Å². The van der Waals surface area contributed by atoms with Crippen LogP contribution in [0.2, 0.25) is 0 Å². The topological polar surface area (TPSA) is 192 Å². The Kier molecular flexibility index (Phi) is 11.1. The van der Waals surface area contributed by atoms with Crippen molar-refractivity contribution >= 4 is 5.91 Å². The molecule has 6 atom stereocenters. The van der Waals surface area contributed by atoms with E-state index in [0.717, 1.165) is 34.6 Å². The molecule has 4 unspecified atom stereocenters. The number of aliphatic hydroxyl groups excluding tert-OH is 4. The first-order valence-electron chi connectivity index (χ1n) is 13.3. The van der Waals surface area contributed by atoms with Crippen LogP contribution in [0.15, 0.2) is 18.2 Å². The van der Waals surface area contributed by atoms with Gasteiger partial charge < -0.3 is 45.7 Å². The van der Waals surface area contributed by atoms with E-state index in [1.165, 1.54) is 0 Å². The van der Waals surface area contributed by atoms with Crippen LogP contribution in [-0.2, 0) is 16.0 Å². The van der Waals surface area contributed by atoms with Gasteiger partial charge in [-0.1, -0.05) is 19.9 Å². The number of carbonyl (C=O) groups excluding carboxylic acids is 1. The van der Waals surface area contributed by atoms with Gasteiger partial charge in [0.1, 0.15) is 30.2 Å². The Bertz CT molecular complexity index is 1080. The van der Waals surface area contributed by atoms with E-state index in [0.29, 0.717) is 26.0 Å². The number of hydrogen-bond donors (Lipinski definition) is 7. The number of nitrogens with zero attached hydrogens (tertiary/aromatic N) is 1. The molecule has 8 N–H and O–H groups in total. The molecule has 1 aliphatic heterocycles. The molecule has 1 amide bonds. The maximum absolute atomic E-state index is 11.0. The molecule has 0 spiro atoms. The first kappa shape index (κ1) is 30.8. The summed E-state index contributed by atoms with van der Waals surface area (Å²) in [6.45, 7) is 8.62. The van der Waals surface area contributed by atoms with Crippen LogP contribution in [0, 0.1) is 6.92 Å². The normalized spacial score (nSPS) is 24.1. The molecule has 12 nitrogen and oxygen atoms in total. The summed E-state index contributed by atoms with van der Waals surface area (Å²) in [5.41, 5.74) is 8.87. The van der Waals surface area contributed by atoms with E-state index in [1.54, 1.807) is 0 Å². The second-order valence-electron chi connectivity index (χ2n) is 10.4. The van der Waals surface area contributed by atoms with Gasteiger partial charge in [-0.05, 0) is 56.0 Å². The number of H-pyrrole nitrogens is 1. The minimum Gasteiger partial charge on any atom is -0.494 e. The molecule has 0 bridgehead atoms. The van der Waals surface area contributed by atoms with Crippen molar-refractivity contribution in [3.8, 4) is 11.6 Å². The second-order valence-corrected chi connectivity index (χ2v) is 10.4. The van der Waals surface area contributed by atoms with E-state index in [4.69, 9.17) is 19.9 Å². The predicted octanol–water partition coefficient (Wildman–Crippen LogP) is 0.233. The monoisotopic (exact) mass is 550 g/mol. The SMILES string of the molecule is Cc1cc(OCCCNC(C)CC(N)=O)ccc1Cc1c(OC2OC(CO)[C@@H](O)C(O)[C@H]2O)n[nH]c1C(C)C. The van der Waals surface area contributed by atoms with E-state index in [-0.39, 0.29) is 23.7 Å². The Labute approximate surface area is 228 Å². The number of aromatic nitrogens is 2. The molecule has 3 rings (SSSR count). The van der Waals surface area contributed by atoms with Gasteiger partial charge in [0, 0.05) is 30.1 Å². The summed E-state index contributed by atoms with van der Waals surface area (Å²) >= 11 is 0. The lowest BCUT2D eigenvalue weighted by atomic mass is 9.96. The molecular weight excluding hydrogens is 508 g/mol. The van der Waals surface area contributed by atoms with Gasteiger partial charge in [-0.2, -0.15) is 0 Å². The number of aromatic amines is 1. The van der Waals surface area contributed by atoms with Gasteiger partial charge in [-0.15, -0.1) is 5.10 Å². The average molecular weight is 551 g/mol. The molecule has 0 saturated carbocycles. The van der Waals surface area contributed by atoms with Crippen LogP contribution in [-0.4, -0.2) is 93.0 Å². The maximum Gasteiger partial charge on any atom is 0.238 e. The van der Waals surface area contributed by atoms with Crippen LogP contribution in [0.3, 0.4) is 0 Å². The third-order valence-corrected chi connectivity index (χ3v) is 6.79. The van der Waals surface area contributed by atoms with Crippen LogP contribution >= 0.6 is 0 Å². The van der Waals surface area contributed by atoms with Crippen molar-refractivity contribution in [3.63, 3.8) is 0 Å². The Morgan fingerprint density at radius 2 is 1.95 bits per heavy atom. The first-order chi connectivity index (χ1) is 18.5. The quantitative estimate of drug-likeness (QED) is 0.160. The fourth-order valence-corrected chi connectivity index (χ4v) is 4.51. The smallest absolute Gasteiger partial charge is 0.238 e. The zero-order chi connectivity index (χ0) is 28.7. The molecule has 2 heterocycles. The van der Waals surface area contributed by atoms with Gasteiger partial charge in [0.05, 0.1) is 13.2 Å². The highest BCUT2D eigenvalue weighted by molar-refractivity contribution is 5.74. The largest absolute Gasteiger partial charge is 0.494 e. The van der Waals surface area contributed by atoms with Gasteiger partial charge in [0.15, 0.2) is 0 Å². The van der Waals surface area contributed by atoms with E-state index >= 15 is 0 Å². The number of nitrogens with one attached hydrogen (secondary N) is 2. The molecule has 1 aromatic carbocycles. The first-order valence-corrected chi connectivity index (χ1v) is 13.3. The summed E-state index contributed by atoms with van der Waals surface area (Å²) < 4.78 is 17.3. The van der Waals surface area contributed by atoms with E-state index in [9.17, 15) is 25.2 Å². The number of aliphatic hydroxyl groups is 4. The van der Waals surface area contributed by atoms with Crippen molar-refractivity contribution in [2.75, 3.05) is 19.8 Å². The molecule has 39 heavy (non-hydrogen) atoms. The molecule has 1 fully saturated rings. The van der Waals surface area contributed by atoms with Crippen LogP contribution in [0.25, 0.3) is 0 Å². The van der Waals surface area contributed by atoms with Crippen molar-refractivity contribution < 1.29 is 39.4 Å². The van der Waals surface area contributed by atoms with Gasteiger partial charge in [-0.25, -0.2) is 0 Å². The predicted molar refractivity (Wildman–Crippen MR) is 142 cm³/mol. The number of amides is 1. The molecule has 12 heteroatoms. The highest BCUT2D eigenvalue weighted by atomic mass is 16.7. The maximum atomic E-state index is 11.0. The van der Waals surface area contributed by atoms with Gasteiger partial charge in [-0.3, -0.25) is 9.89 Å². The summed E-state index contributed by atoms with van der Waals surface area (Å²) in [6.07, 6.45) is -5.41. The number of rotatable bonds is 14. The Hall–Kier alpha value is -2.74. The Morgan fingerprint density at radius 1 is 1.21 bits per heavy atom. The third kappa shape index (κ3) is 8.13. The standard InChI is InChI=1S/C27H42N4O8/c1-14(2)22-19(26(31-30-22)39-27-25(36)24(35)23(34)20(13-32)38-27)12-17-6-7-18(10-15(17)3)37-9-5-8-29-16(4)11-21(28)33/h6-7,10,14,16,20,23-25,27,29,32,34-36H,5,8-9,11-13H2,1-4H3,(H2,28,33)(H,30,31)/t16?,20?,23-,24?,25-,27?/m1/s1. The number of hydrogen-bond acceptors (Lipinski definition) is 10. The fraction of sp³-hybridized carbons (Fsp3) is 0.630. The van der Waals surface area contributed by atoms with Gasteiger partial charge >= 0.3 is 0 Å². The van der Waals surface area contributed by atoms with Gasteiger partial charge in [0.2, 0.25) is 18.1 Å². The molecule has 0 aliphatic carbocycles. The van der Waals surface area contributed by atoms with E-state index in [2.05, 4.69) is 15.5 Å². The fourth-order valence-electron chi connectivity index (χ4n) is 4.51. The van der Waals surface area contributed by atoms with Crippen molar-refractivity contribution in [2.24, 2.45) is 5.73 Å². The highest BCUT2D eigenvalue weighted by Gasteiger charge is 2.45.